The number of nitrogens with zero attached hydrogens (tertiary/aromatic N) is 6. The molecule has 0 radical (unpaired) electrons. The lowest BCUT2D eigenvalue weighted by atomic mass is 9.77. The molecule has 0 aliphatic carbocycles. The van der Waals surface area contributed by atoms with E-state index in [1.807, 2.05) is 143 Å². The van der Waals surface area contributed by atoms with E-state index in [1.54, 1.807) is 6.07 Å². The fraction of sp³-hybridized carbons (Fsp3) is 0. The van der Waals surface area contributed by atoms with Gasteiger partial charge in [0.15, 0.2) is 23.3 Å². The van der Waals surface area contributed by atoms with E-state index in [9.17, 15) is 0 Å². The van der Waals surface area contributed by atoms with Gasteiger partial charge in [-0.2, -0.15) is 0 Å². The van der Waals surface area contributed by atoms with Crippen molar-refractivity contribution in [1.82, 2.24) is 29.5 Å². The molecule has 0 saturated carbocycles. The van der Waals surface area contributed by atoms with Crippen LogP contribution in [0.2, 0.25) is 0 Å². The SMILES string of the molecule is Brc1ccc(-c2nc(-c3ccc(Br)cc3)n(-c3ccccc3)n2)cc1.OB(O)c1cccc2ccccc12.c1ccc(-n2nc(-c3ccc(-c4cccc5ccccc45)cc3)nc2-c2ccc(-c3cccc4ccccc34)cc2)cc1. The molecule has 14 aromatic rings. The number of rotatable bonds is 9. The Morgan fingerprint density at radius 1 is 0.296 bits per heavy atom. The topological polar surface area (TPSA) is 102 Å². The summed E-state index contributed by atoms with van der Waals surface area (Å²) in [6.45, 7) is 0. The van der Waals surface area contributed by atoms with Crippen molar-refractivity contribution >= 4 is 76.8 Å². The van der Waals surface area contributed by atoms with Crippen LogP contribution in [-0.2, 0) is 0 Å². The molecule has 0 amide bonds. The monoisotopic (exact) mass is 1170 g/mol. The fourth-order valence-electron chi connectivity index (χ4n) is 9.97. The highest BCUT2D eigenvalue weighted by Crippen LogP contribution is 2.34. The first kappa shape index (κ1) is 52.3. The maximum atomic E-state index is 9.08. The predicted molar refractivity (Wildman–Crippen MR) is 340 cm³/mol. The molecule has 2 heterocycles. The smallest absolute Gasteiger partial charge is 0.423 e. The molecule has 0 bridgehead atoms. The zero-order valence-electron chi connectivity index (χ0n) is 43.5. The third-order valence-electron chi connectivity index (χ3n) is 14.0. The first-order valence-corrected chi connectivity index (χ1v) is 28.0. The van der Waals surface area contributed by atoms with Crippen molar-refractivity contribution in [2.24, 2.45) is 0 Å². The summed E-state index contributed by atoms with van der Waals surface area (Å²) in [6, 6.07) is 96.7. The van der Waals surface area contributed by atoms with Crippen molar-refractivity contribution in [2.45, 2.75) is 0 Å². The van der Waals surface area contributed by atoms with Gasteiger partial charge in [0, 0.05) is 31.2 Å². The van der Waals surface area contributed by atoms with Crippen LogP contribution >= 0.6 is 31.9 Å². The normalized spacial score (nSPS) is 11.0. The summed E-state index contributed by atoms with van der Waals surface area (Å²) in [5.74, 6) is 3.02. The average molecular weight is 1180 g/mol. The number of fused-ring (bicyclic) bond motifs is 3. The predicted octanol–water partition coefficient (Wildman–Crippen LogP) is 16.9. The van der Waals surface area contributed by atoms with Crippen LogP contribution in [0.1, 0.15) is 0 Å². The van der Waals surface area contributed by atoms with E-state index >= 15 is 0 Å². The molecule has 0 aliphatic rings. The molecule has 2 aromatic heterocycles. The Morgan fingerprint density at radius 3 is 1.05 bits per heavy atom. The molecule has 388 valence electrons. The molecule has 8 nitrogen and oxygen atoms in total. The summed E-state index contributed by atoms with van der Waals surface area (Å²) >= 11 is 6.95. The first-order chi connectivity index (χ1) is 39.8. The molecule has 0 fully saturated rings. The van der Waals surface area contributed by atoms with Crippen LogP contribution in [0.15, 0.2) is 294 Å². The molecule has 0 unspecified atom stereocenters. The Kier molecular flexibility index (Phi) is 15.5. The number of para-hydroxylation sites is 2. The second-order valence-electron chi connectivity index (χ2n) is 19.2. The van der Waals surface area contributed by atoms with Gasteiger partial charge in [-0.1, -0.05) is 268 Å². The maximum absolute atomic E-state index is 9.08. The van der Waals surface area contributed by atoms with E-state index < -0.39 is 7.12 Å². The van der Waals surface area contributed by atoms with Crippen LogP contribution < -0.4 is 5.46 Å². The second kappa shape index (κ2) is 23.9. The maximum Gasteiger partial charge on any atom is 0.489 e. The van der Waals surface area contributed by atoms with Crippen molar-refractivity contribution in [1.29, 1.82) is 0 Å². The van der Waals surface area contributed by atoms with E-state index in [0.29, 0.717) is 17.1 Å². The highest BCUT2D eigenvalue weighted by Gasteiger charge is 2.18. The minimum atomic E-state index is -1.40. The third kappa shape index (κ3) is 11.6. The van der Waals surface area contributed by atoms with Gasteiger partial charge in [0.05, 0.1) is 11.4 Å². The molecule has 0 saturated heterocycles. The van der Waals surface area contributed by atoms with Crippen molar-refractivity contribution in [3.8, 4) is 79.2 Å². The summed E-state index contributed by atoms with van der Waals surface area (Å²) in [5, 5.41) is 34.8. The molecule has 12 aromatic carbocycles. The van der Waals surface area contributed by atoms with Gasteiger partial charge in [-0.3, -0.25) is 0 Å². The highest BCUT2D eigenvalue weighted by atomic mass is 79.9. The average Bonchev–Trinajstić information content (AvgIpc) is 4.21. The molecular formula is C70H49BBr2N6O2. The summed E-state index contributed by atoms with van der Waals surface area (Å²) in [4.78, 5) is 9.89. The van der Waals surface area contributed by atoms with Gasteiger partial charge in [-0.05, 0) is 109 Å². The van der Waals surface area contributed by atoms with Crippen LogP contribution in [0.4, 0.5) is 0 Å². The number of hydrogen-bond donors (Lipinski definition) is 2. The minimum absolute atomic E-state index is 0.554. The molecule has 14 rings (SSSR count). The fourth-order valence-corrected chi connectivity index (χ4v) is 10.5. The number of benzene rings is 12. The van der Waals surface area contributed by atoms with Crippen molar-refractivity contribution in [2.75, 3.05) is 0 Å². The van der Waals surface area contributed by atoms with E-state index in [-0.39, 0.29) is 0 Å². The van der Waals surface area contributed by atoms with Gasteiger partial charge >= 0.3 is 7.12 Å². The van der Waals surface area contributed by atoms with Crippen LogP contribution in [0.25, 0.3) is 111 Å². The van der Waals surface area contributed by atoms with E-state index in [2.05, 4.69) is 177 Å². The third-order valence-corrected chi connectivity index (χ3v) is 15.1. The zero-order chi connectivity index (χ0) is 55.1. The lowest BCUT2D eigenvalue weighted by Gasteiger charge is -2.09. The van der Waals surface area contributed by atoms with Crippen molar-refractivity contribution in [3.63, 3.8) is 0 Å². The number of halogens is 2. The van der Waals surface area contributed by atoms with Gasteiger partial charge < -0.3 is 10.0 Å². The van der Waals surface area contributed by atoms with Crippen LogP contribution in [0.5, 0.6) is 0 Å². The highest BCUT2D eigenvalue weighted by molar-refractivity contribution is 9.10. The van der Waals surface area contributed by atoms with Gasteiger partial charge in [0.2, 0.25) is 0 Å². The molecule has 0 aliphatic heterocycles. The lowest BCUT2D eigenvalue weighted by Crippen LogP contribution is -2.30. The van der Waals surface area contributed by atoms with E-state index in [0.717, 1.165) is 65.0 Å². The summed E-state index contributed by atoms with van der Waals surface area (Å²) < 4.78 is 5.91. The Labute approximate surface area is 486 Å². The Hall–Kier alpha value is -9.36. The summed E-state index contributed by atoms with van der Waals surface area (Å²) in [6.07, 6.45) is 0. The molecule has 11 heteroatoms. The largest absolute Gasteiger partial charge is 0.489 e. The van der Waals surface area contributed by atoms with Gasteiger partial charge in [0.1, 0.15) is 0 Å². The Balaban J connectivity index is 0.000000143. The minimum Gasteiger partial charge on any atom is -0.423 e. The van der Waals surface area contributed by atoms with Gasteiger partial charge in [0.25, 0.3) is 0 Å². The first-order valence-electron chi connectivity index (χ1n) is 26.4. The lowest BCUT2D eigenvalue weighted by molar-refractivity contribution is 0.426. The second-order valence-corrected chi connectivity index (χ2v) is 21.0. The standard InChI is InChI=1S/C40H27N3.C20H13Br2N3.C10H9BO2/c1-2-14-34(15-3-1)43-40(33-26-22-31(23-27-33)38-19-9-13-29-11-5-7-17-36(29)38)41-39(42-43)32-24-20-30(21-25-32)37-18-8-12-28-10-4-6-16-35(28)37;21-16-10-6-14(7-11-16)19-23-20(15-8-12-17(22)13-9-15)25(24-19)18-4-2-1-3-5-18;12-11(13)10-7-3-5-8-4-1-2-6-9(8)10/h1-27H;1-13H;1-7,12-13H. The van der Waals surface area contributed by atoms with Crippen LogP contribution in [-0.4, -0.2) is 46.7 Å². The number of hydrogen-bond acceptors (Lipinski definition) is 6. The van der Waals surface area contributed by atoms with Crippen molar-refractivity contribution < 1.29 is 10.0 Å². The molecule has 81 heavy (non-hydrogen) atoms. The Bertz CT molecular complexity index is 4430. The number of aromatic nitrogens is 6. The summed E-state index contributed by atoms with van der Waals surface area (Å²) in [7, 11) is -1.40. The molecule has 0 spiro atoms. The van der Waals surface area contributed by atoms with Crippen LogP contribution in [0.3, 0.4) is 0 Å². The van der Waals surface area contributed by atoms with Gasteiger partial charge in [-0.25, -0.2) is 19.3 Å². The molecular weight excluding hydrogens is 1130 g/mol. The summed E-state index contributed by atoms with van der Waals surface area (Å²) in [5.41, 5.74) is 11.3. The van der Waals surface area contributed by atoms with E-state index in [1.165, 1.54) is 43.8 Å². The molecule has 2 N–H and O–H groups in total. The Morgan fingerprint density at radius 2 is 0.617 bits per heavy atom. The van der Waals surface area contributed by atoms with Gasteiger partial charge in [-0.15, -0.1) is 10.2 Å². The van der Waals surface area contributed by atoms with Crippen molar-refractivity contribution in [3.05, 3.63) is 294 Å². The van der Waals surface area contributed by atoms with E-state index in [4.69, 9.17) is 30.2 Å². The molecule has 0 atom stereocenters. The quantitative estimate of drug-likeness (QED) is 0.140. The zero-order valence-corrected chi connectivity index (χ0v) is 46.7. The van der Waals surface area contributed by atoms with Crippen LogP contribution in [0, 0.1) is 0 Å².